The van der Waals surface area contributed by atoms with Crippen molar-refractivity contribution in [3.05, 3.63) is 0 Å². The Hall–Kier alpha value is -0.130. The zero-order valence-corrected chi connectivity index (χ0v) is 7.94. The van der Waals surface area contributed by atoms with E-state index in [0.717, 1.165) is 6.26 Å². The van der Waals surface area contributed by atoms with Gasteiger partial charge in [0.2, 0.25) is 10.0 Å². The third-order valence-corrected chi connectivity index (χ3v) is 2.00. The van der Waals surface area contributed by atoms with Crippen LogP contribution in [0, 0.1) is 0 Å². The van der Waals surface area contributed by atoms with Crippen LogP contribution in [0.1, 0.15) is 13.3 Å². The highest BCUT2D eigenvalue weighted by Gasteiger charge is 2.06. The van der Waals surface area contributed by atoms with E-state index in [2.05, 4.69) is 4.72 Å². The second kappa shape index (κ2) is 4.69. The van der Waals surface area contributed by atoms with Crippen LogP contribution in [0.25, 0.3) is 0 Å². The molecule has 0 aromatic carbocycles. The lowest BCUT2D eigenvalue weighted by atomic mass is 10.3. The summed E-state index contributed by atoms with van der Waals surface area (Å²) in [5, 5.41) is 0. The maximum Gasteiger partial charge on any atom is 0.208 e. The van der Waals surface area contributed by atoms with Crippen LogP contribution in [0.3, 0.4) is 0 Å². The molecule has 4 nitrogen and oxygen atoms in total. The largest absolute Gasteiger partial charge is 0.385 e. The molecule has 1 unspecified atom stereocenters. The van der Waals surface area contributed by atoms with Crippen LogP contribution in [0.15, 0.2) is 0 Å². The number of rotatable bonds is 5. The van der Waals surface area contributed by atoms with E-state index in [9.17, 15) is 8.42 Å². The fourth-order valence-electron chi connectivity index (χ4n) is 0.719. The third kappa shape index (κ3) is 7.77. The second-order valence-electron chi connectivity index (χ2n) is 2.57. The molecule has 5 heteroatoms. The van der Waals surface area contributed by atoms with Gasteiger partial charge >= 0.3 is 0 Å². The van der Waals surface area contributed by atoms with Gasteiger partial charge in [-0.1, -0.05) is 0 Å². The Morgan fingerprint density at radius 2 is 2.09 bits per heavy atom. The topological polar surface area (TPSA) is 55.4 Å². The van der Waals surface area contributed by atoms with Crippen molar-refractivity contribution in [2.45, 2.75) is 19.4 Å². The molecule has 0 aliphatic carbocycles. The van der Waals surface area contributed by atoms with Crippen LogP contribution in [0.5, 0.6) is 0 Å². The first-order valence-electron chi connectivity index (χ1n) is 3.42. The molecule has 0 aliphatic rings. The van der Waals surface area contributed by atoms with E-state index in [1.807, 2.05) is 0 Å². The lowest BCUT2D eigenvalue weighted by molar-refractivity contribution is 0.188. The summed E-state index contributed by atoms with van der Waals surface area (Å²) in [6.07, 6.45) is 1.85. The SMILES string of the molecule is COCCC(C)NS(C)(=O)=O. The highest BCUT2D eigenvalue weighted by Crippen LogP contribution is 1.92. The van der Waals surface area contributed by atoms with Gasteiger partial charge in [0.05, 0.1) is 6.26 Å². The quantitative estimate of drug-likeness (QED) is 0.647. The fourth-order valence-corrected chi connectivity index (χ4v) is 1.57. The first-order chi connectivity index (χ1) is 4.95. The van der Waals surface area contributed by atoms with E-state index in [1.165, 1.54) is 0 Å². The number of methoxy groups -OCH3 is 1. The first-order valence-corrected chi connectivity index (χ1v) is 5.31. The van der Waals surface area contributed by atoms with Gasteiger partial charge in [-0.25, -0.2) is 13.1 Å². The van der Waals surface area contributed by atoms with E-state index >= 15 is 0 Å². The summed E-state index contributed by atoms with van der Waals surface area (Å²) in [4.78, 5) is 0. The standard InChI is InChI=1S/C6H15NO3S/c1-6(4-5-10-2)7-11(3,8)9/h6-7H,4-5H2,1-3H3. The molecule has 68 valence electrons. The normalized spacial score (nSPS) is 14.8. The number of nitrogens with one attached hydrogen (secondary N) is 1. The lowest BCUT2D eigenvalue weighted by Crippen LogP contribution is -2.32. The van der Waals surface area contributed by atoms with Crippen molar-refractivity contribution in [2.24, 2.45) is 0 Å². The molecule has 1 atom stereocenters. The summed E-state index contributed by atoms with van der Waals surface area (Å²) >= 11 is 0. The third-order valence-electron chi connectivity index (χ3n) is 1.17. The first kappa shape index (κ1) is 10.9. The molecule has 0 bridgehead atoms. The predicted octanol–water partition coefficient (Wildman–Crippen LogP) is -0.0394. The molecule has 0 amide bonds. The van der Waals surface area contributed by atoms with Gasteiger partial charge < -0.3 is 4.74 Å². The summed E-state index contributed by atoms with van der Waals surface area (Å²) in [5.41, 5.74) is 0. The molecule has 0 spiro atoms. The van der Waals surface area contributed by atoms with Gasteiger partial charge in [0, 0.05) is 19.8 Å². The van der Waals surface area contributed by atoms with Crippen molar-refractivity contribution in [3.8, 4) is 0 Å². The van der Waals surface area contributed by atoms with Gasteiger partial charge in [-0.15, -0.1) is 0 Å². The summed E-state index contributed by atoms with van der Waals surface area (Å²) in [6.45, 7) is 2.38. The van der Waals surface area contributed by atoms with Crippen LogP contribution in [0.2, 0.25) is 0 Å². The number of hydrogen-bond donors (Lipinski definition) is 1. The average molecular weight is 181 g/mol. The number of sulfonamides is 1. The zero-order valence-electron chi connectivity index (χ0n) is 7.12. The van der Waals surface area contributed by atoms with Crippen molar-refractivity contribution < 1.29 is 13.2 Å². The van der Waals surface area contributed by atoms with Gasteiger partial charge in [-0.05, 0) is 13.3 Å². The molecule has 11 heavy (non-hydrogen) atoms. The Bertz CT molecular complexity index is 188. The number of ether oxygens (including phenoxy) is 1. The van der Waals surface area contributed by atoms with E-state index in [-0.39, 0.29) is 6.04 Å². The van der Waals surface area contributed by atoms with Crippen LogP contribution in [-0.4, -0.2) is 34.4 Å². The molecule has 0 rings (SSSR count). The molecular formula is C6H15NO3S. The van der Waals surface area contributed by atoms with Gasteiger partial charge in [0.1, 0.15) is 0 Å². The highest BCUT2D eigenvalue weighted by atomic mass is 32.2. The molecule has 0 saturated carbocycles. The van der Waals surface area contributed by atoms with Gasteiger partial charge in [-0.2, -0.15) is 0 Å². The molecule has 0 aromatic rings. The highest BCUT2D eigenvalue weighted by molar-refractivity contribution is 7.88. The van der Waals surface area contributed by atoms with Crippen molar-refractivity contribution >= 4 is 10.0 Å². The average Bonchev–Trinajstić information content (AvgIpc) is 1.79. The lowest BCUT2D eigenvalue weighted by Gasteiger charge is -2.10. The van der Waals surface area contributed by atoms with Gasteiger partial charge in [0.25, 0.3) is 0 Å². The minimum atomic E-state index is -3.06. The van der Waals surface area contributed by atoms with Crippen LogP contribution in [0.4, 0.5) is 0 Å². The molecule has 0 aromatic heterocycles. The predicted molar refractivity (Wildman–Crippen MR) is 43.9 cm³/mol. The fraction of sp³-hybridized carbons (Fsp3) is 1.00. The Morgan fingerprint density at radius 1 is 1.55 bits per heavy atom. The Kier molecular flexibility index (Phi) is 4.63. The molecule has 1 N–H and O–H groups in total. The van der Waals surface area contributed by atoms with Crippen LogP contribution >= 0.6 is 0 Å². The molecule has 0 saturated heterocycles. The van der Waals surface area contributed by atoms with Crippen molar-refractivity contribution in [3.63, 3.8) is 0 Å². The summed E-state index contributed by atoms with van der Waals surface area (Å²) in [6, 6.07) is -0.0510. The van der Waals surface area contributed by atoms with E-state index in [1.54, 1.807) is 14.0 Å². The van der Waals surface area contributed by atoms with Crippen LogP contribution < -0.4 is 4.72 Å². The Balaban J connectivity index is 3.61. The van der Waals surface area contributed by atoms with E-state index in [0.29, 0.717) is 13.0 Å². The summed E-state index contributed by atoms with van der Waals surface area (Å²) in [7, 11) is -1.47. The van der Waals surface area contributed by atoms with E-state index < -0.39 is 10.0 Å². The summed E-state index contributed by atoms with van der Waals surface area (Å²) < 4.78 is 28.5. The zero-order chi connectivity index (χ0) is 8.91. The van der Waals surface area contributed by atoms with Gasteiger partial charge in [0.15, 0.2) is 0 Å². The molecular weight excluding hydrogens is 166 g/mol. The summed E-state index contributed by atoms with van der Waals surface area (Å²) in [5.74, 6) is 0. The van der Waals surface area contributed by atoms with Crippen molar-refractivity contribution in [2.75, 3.05) is 20.0 Å². The maximum atomic E-state index is 10.7. The smallest absolute Gasteiger partial charge is 0.208 e. The molecule has 0 aliphatic heterocycles. The Labute approximate surface area is 68.0 Å². The number of hydrogen-bond acceptors (Lipinski definition) is 3. The van der Waals surface area contributed by atoms with Crippen molar-refractivity contribution in [1.82, 2.24) is 4.72 Å². The minimum absolute atomic E-state index is 0.0510. The minimum Gasteiger partial charge on any atom is -0.385 e. The molecule has 0 radical (unpaired) electrons. The second-order valence-corrected chi connectivity index (χ2v) is 4.35. The molecule has 0 heterocycles. The Morgan fingerprint density at radius 3 is 2.45 bits per heavy atom. The van der Waals surface area contributed by atoms with Crippen molar-refractivity contribution in [1.29, 1.82) is 0 Å². The monoisotopic (exact) mass is 181 g/mol. The molecule has 0 fully saturated rings. The van der Waals surface area contributed by atoms with Crippen LogP contribution in [-0.2, 0) is 14.8 Å². The van der Waals surface area contributed by atoms with Gasteiger partial charge in [-0.3, -0.25) is 0 Å². The van der Waals surface area contributed by atoms with E-state index in [4.69, 9.17) is 4.74 Å². The maximum absolute atomic E-state index is 10.7.